The number of amides is 3. The zero-order valence-electron chi connectivity index (χ0n) is 23.1. The first kappa shape index (κ1) is 27.7. The van der Waals surface area contributed by atoms with Crippen LogP contribution in [0.25, 0.3) is 0 Å². The standard InChI is InChI=1S/C31H35N5O3/c1-31(2,3)26(37)20-36-25-17-10-9-16-24(25)27(22-13-7-6-8-14-22)33-28(29(36)38)34-30(39)32-23-15-11-12-21(18-23)19-35(4)5/h6-18,28H,19-20H2,1-5H3,(H2,32,34,39). The summed E-state index contributed by atoms with van der Waals surface area (Å²) in [7, 11) is 3.95. The summed E-state index contributed by atoms with van der Waals surface area (Å²) in [6.07, 6.45) is -1.25. The SMILES string of the molecule is CN(C)Cc1cccc(NC(=O)NC2N=C(c3ccccc3)c3ccccc3N(CC(=O)C(C)(C)C)C2=O)c1. The summed E-state index contributed by atoms with van der Waals surface area (Å²) in [5, 5.41) is 5.57. The van der Waals surface area contributed by atoms with Gasteiger partial charge in [-0.25, -0.2) is 9.79 Å². The molecule has 0 saturated heterocycles. The second-order valence-electron chi connectivity index (χ2n) is 10.9. The molecule has 0 spiro atoms. The van der Waals surface area contributed by atoms with Gasteiger partial charge in [-0.15, -0.1) is 0 Å². The molecule has 0 saturated carbocycles. The van der Waals surface area contributed by atoms with Crippen molar-refractivity contribution in [3.63, 3.8) is 0 Å². The number of carbonyl (C=O) groups excluding carboxylic acids is 3. The minimum absolute atomic E-state index is 0.102. The third-order valence-electron chi connectivity index (χ3n) is 6.35. The van der Waals surface area contributed by atoms with Gasteiger partial charge in [0.2, 0.25) is 6.17 Å². The van der Waals surface area contributed by atoms with Gasteiger partial charge in [-0.1, -0.05) is 81.4 Å². The number of benzene rings is 3. The number of anilines is 2. The Morgan fingerprint density at radius 1 is 0.949 bits per heavy atom. The van der Waals surface area contributed by atoms with E-state index in [1.54, 1.807) is 12.1 Å². The number of Topliss-reactive ketones (excluding diaryl/α,β-unsaturated/α-hetero) is 1. The number of para-hydroxylation sites is 1. The van der Waals surface area contributed by atoms with Gasteiger partial charge in [-0.05, 0) is 37.9 Å². The molecule has 0 fully saturated rings. The average Bonchev–Trinajstić information content (AvgIpc) is 2.99. The molecule has 2 N–H and O–H groups in total. The highest BCUT2D eigenvalue weighted by molar-refractivity contribution is 6.21. The predicted molar refractivity (Wildman–Crippen MR) is 155 cm³/mol. The van der Waals surface area contributed by atoms with Gasteiger partial charge in [0.25, 0.3) is 5.91 Å². The lowest BCUT2D eigenvalue weighted by atomic mass is 9.90. The molecule has 1 atom stereocenters. The van der Waals surface area contributed by atoms with Crippen molar-refractivity contribution >= 4 is 34.8 Å². The summed E-state index contributed by atoms with van der Waals surface area (Å²) < 4.78 is 0. The zero-order valence-corrected chi connectivity index (χ0v) is 23.1. The summed E-state index contributed by atoms with van der Waals surface area (Å²) in [5.41, 5.74) is 3.62. The van der Waals surface area contributed by atoms with Gasteiger partial charge in [-0.3, -0.25) is 9.59 Å². The van der Waals surface area contributed by atoms with Crippen LogP contribution in [0.1, 0.15) is 37.5 Å². The fourth-order valence-electron chi connectivity index (χ4n) is 4.30. The monoisotopic (exact) mass is 525 g/mol. The quantitative estimate of drug-likeness (QED) is 0.468. The number of carbonyl (C=O) groups is 3. The van der Waals surface area contributed by atoms with Crippen LogP contribution in [0.5, 0.6) is 0 Å². The molecule has 4 rings (SSSR count). The van der Waals surface area contributed by atoms with Crippen molar-refractivity contribution in [1.29, 1.82) is 0 Å². The van der Waals surface area contributed by atoms with Crippen LogP contribution in [0.15, 0.2) is 83.9 Å². The number of ketones is 1. The van der Waals surface area contributed by atoms with Crippen LogP contribution in [0, 0.1) is 5.41 Å². The number of rotatable bonds is 7. The number of nitrogens with zero attached hydrogens (tertiary/aromatic N) is 3. The maximum absolute atomic E-state index is 13.9. The summed E-state index contributed by atoms with van der Waals surface area (Å²) in [6, 6.07) is 23.8. The van der Waals surface area contributed by atoms with Gasteiger partial charge < -0.3 is 20.4 Å². The predicted octanol–water partition coefficient (Wildman–Crippen LogP) is 4.70. The third kappa shape index (κ3) is 6.78. The van der Waals surface area contributed by atoms with Crippen LogP contribution < -0.4 is 15.5 Å². The second-order valence-corrected chi connectivity index (χ2v) is 10.9. The second kappa shape index (κ2) is 11.6. The smallest absolute Gasteiger partial charge is 0.308 e. The van der Waals surface area contributed by atoms with E-state index in [1.165, 1.54) is 4.90 Å². The van der Waals surface area contributed by atoms with Crippen molar-refractivity contribution < 1.29 is 14.4 Å². The lowest BCUT2D eigenvalue weighted by Gasteiger charge is -2.28. The molecule has 1 aliphatic rings. The molecule has 8 nitrogen and oxygen atoms in total. The molecule has 1 aliphatic heterocycles. The van der Waals surface area contributed by atoms with E-state index in [0.29, 0.717) is 22.6 Å². The Kier molecular flexibility index (Phi) is 8.26. The van der Waals surface area contributed by atoms with Crippen molar-refractivity contribution in [1.82, 2.24) is 10.2 Å². The average molecular weight is 526 g/mol. The molecule has 0 aliphatic carbocycles. The molecule has 3 amide bonds. The van der Waals surface area contributed by atoms with Crippen molar-refractivity contribution in [3.05, 3.63) is 95.6 Å². The highest BCUT2D eigenvalue weighted by atomic mass is 16.2. The summed E-state index contributed by atoms with van der Waals surface area (Å²) in [5.74, 6) is -0.586. The molecule has 202 valence electrons. The first-order valence-electron chi connectivity index (χ1n) is 12.9. The first-order chi connectivity index (χ1) is 18.5. The molecule has 3 aromatic rings. The highest BCUT2D eigenvalue weighted by Crippen LogP contribution is 2.29. The minimum Gasteiger partial charge on any atom is -0.308 e. The van der Waals surface area contributed by atoms with E-state index in [4.69, 9.17) is 4.99 Å². The van der Waals surface area contributed by atoms with E-state index in [1.807, 2.05) is 106 Å². The van der Waals surface area contributed by atoms with Crippen LogP contribution in [-0.4, -0.2) is 55.1 Å². The number of fused-ring (bicyclic) bond motifs is 1. The van der Waals surface area contributed by atoms with Crippen LogP contribution >= 0.6 is 0 Å². The van der Waals surface area contributed by atoms with Crippen LogP contribution in [0.3, 0.4) is 0 Å². The van der Waals surface area contributed by atoms with Crippen molar-refractivity contribution in [2.75, 3.05) is 30.9 Å². The highest BCUT2D eigenvalue weighted by Gasteiger charge is 2.35. The van der Waals surface area contributed by atoms with Gasteiger partial charge in [0.15, 0.2) is 5.78 Å². The van der Waals surface area contributed by atoms with Gasteiger partial charge in [0.1, 0.15) is 0 Å². The topological polar surface area (TPSA) is 94.1 Å². The van der Waals surface area contributed by atoms with Crippen LogP contribution in [0.4, 0.5) is 16.2 Å². The largest absolute Gasteiger partial charge is 0.321 e. The number of nitrogens with one attached hydrogen (secondary N) is 2. The molecule has 0 bridgehead atoms. The first-order valence-corrected chi connectivity index (χ1v) is 12.9. The van der Waals surface area contributed by atoms with Crippen molar-refractivity contribution in [2.45, 2.75) is 33.5 Å². The van der Waals surface area contributed by atoms with Crippen LogP contribution in [0.2, 0.25) is 0 Å². The Morgan fingerprint density at radius 3 is 2.33 bits per heavy atom. The van der Waals surface area contributed by atoms with E-state index in [-0.39, 0.29) is 12.3 Å². The minimum atomic E-state index is -1.25. The molecule has 39 heavy (non-hydrogen) atoms. The lowest BCUT2D eigenvalue weighted by molar-refractivity contribution is -0.127. The molecule has 1 heterocycles. The van der Waals surface area contributed by atoms with E-state index in [9.17, 15) is 14.4 Å². The maximum atomic E-state index is 13.9. The number of hydrogen-bond donors (Lipinski definition) is 2. The van der Waals surface area contributed by atoms with Crippen molar-refractivity contribution in [2.24, 2.45) is 10.4 Å². The Labute approximate surface area is 229 Å². The molecule has 8 heteroatoms. The Balaban J connectivity index is 1.70. The van der Waals surface area contributed by atoms with E-state index in [0.717, 1.165) is 17.7 Å². The molecule has 0 aromatic heterocycles. The van der Waals surface area contributed by atoms with Gasteiger partial charge >= 0.3 is 6.03 Å². The zero-order chi connectivity index (χ0) is 28.2. The summed E-state index contributed by atoms with van der Waals surface area (Å²) in [6.45, 7) is 6.05. The van der Waals surface area contributed by atoms with Crippen LogP contribution in [-0.2, 0) is 16.1 Å². The number of urea groups is 1. The van der Waals surface area contributed by atoms with E-state index in [2.05, 4.69) is 10.6 Å². The normalized spacial score (nSPS) is 15.3. The molecular weight excluding hydrogens is 490 g/mol. The molecule has 0 radical (unpaired) electrons. The fraction of sp³-hybridized carbons (Fsp3) is 0.290. The maximum Gasteiger partial charge on any atom is 0.321 e. The fourth-order valence-corrected chi connectivity index (χ4v) is 4.30. The van der Waals surface area contributed by atoms with E-state index < -0.39 is 23.5 Å². The van der Waals surface area contributed by atoms with Gasteiger partial charge in [0.05, 0.1) is 17.9 Å². The third-order valence-corrected chi connectivity index (χ3v) is 6.35. The molecule has 1 unspecified atom stereocenters. The summed E-state index contributed by atoms with van der Waals surface area (Å²) >= 11 is 0. The summed E-state index contributed by atoms with van der Waals surface area (Å²) in [4.78, 5) is 48.4. The number of aliphatic imine (C=N–C) groups is 1. The van der Waals surface area contributed by atoms with Gasteiger partial charge in [0, 0.05) is 28.8 Å². The molecule has 3 aromatic carbocycles. The van der Waals surface area contributed by atoms with Gasteiger partial charge in [-0.2, -0.15) is 0 Å². The number of hydrogen-bond acceptors (Lipinski definition) is 5. The van der Waals surface area contributed by atoms with Crippen molar-refractivity contribution in [3.8, 4) is 0 Å². The lowest BCUT2D eigenvalue weighted by Crippen LogP contribution is -2.50. The molecular formula is C31H35N5O3. The Morgan fingerprint density at radius 2 is 1.64 bits per heavy atom. The Hall–Kier alpha value is -4.30. The number of benzodiazepines with no additional fused rings is 1. The van der Waals surface area contributed by atoms with E-state index >= 15 is 0 Å². The Bertz CT molecular complexity index is 1390.